The van der Waals surface area contributed by atoms with Crippen LogP contribution in [0.25, 0.3) is 16.3 Å². The summed E-state index contributed by atoms with van der Waals surface area (Å²) in [6, 6.07) is 30.1. The van der Waals surface area contributed by atoms with Crippen molar-refractivity contribution in [1.82, 2.24) is 10.2 Å². The van der Waals surface area contributed by atoms with Crippen LogP contribution in [-0.2, 0) is 16.1 Å². The Labute approximate surface area is 221 Å². The predicted octanol–water partition coefficient (Wildman–Crippen LogP) is 5.88. The monoisotopic (exact) mass is 508 g/mol. The third-order valence-corrected chi connectivity index (χ3v) is 7.55. The van der Waals surface area contributed by atoms with Crippen LogP contribution in [0.2, 0.25) is 0 Å². The molecule has 1 aliphatic rings. The summed E-state index contributed by atoms with van der Waals surface area (Å²) in [5.41, 5.74) is 4.21. The van der Waals surface area contributed by atoms with Gasteiger partial charge in [-0.15, -0.1) is 11.8 Å². The van der Waals surface area contributed by atoms with E-state index in [9.17, 15) is 9.59 Å². The molecule has 5 nitrogen and oxygen atoms in total. The van der Waals surface area contributed by atoms with Crippen LogP contribution in [0.1, 0.15) is 23.1 Å². The highest BCUT2D eigenvalue weighted by molar-refractivity contribution is 7.99. The van der Waals surface area contributed by atoms with Gasteiger partial charge in [0.1, 0.15) is 11.4 Å². The van der Waals surface area contributed by atoms with Gasteiger partial charge in [-0.05, 0) is 45.7 Å². The number of methoxy groups -OCH3 is 1. The van der Waals surface area contributed by atoms with E-state index in [-0.39, 0.29) is 12.3 Å². The summed E-state index contributed by atoms with van der Waals surface area (Å²) >= 11 is 1.63. The first-order valence-corrected chi connectivity index (χ1v) is 13.2. The number of hydrogen-bond donors (Lipinski definition) is 1. The molecule has 0 radical (unpaired) electrons. The molecule has 6 heteroatoms. The Kier molecular flexibility index (Phi) is 7.28. The molecule has 186 valence electrons. The van der Waals surface area contributed by atoms with E-state index in [0.717, 1.165) is 32.9 Å². The minimum Gasteiger partial charge on any atom is -0.497 e. The Hall–Kier alpha value is -4.03. The maximum Gasteiger partial charge on any atom is 0.274 e. The third kappa shape index (κ3) is 5.25. The molecule has 4 aromatic rings. The zero-order valence-electron chi connectivity index (χ0n) is 20.9. The number of benzene rings is 4. The standard InChI is InChI=1S/C31H28N2O3S/c1-33-20-23-15-16-24(36-2)19-26(23)29(22-10-4-3-5-11-22)30(33)31(35)32-28(34)17-18-37-27-14-8-12-21-9-6-7-13-25(21)27/h3-16,19H,17-18,20H2,1-2H3,(H,32,34,35). The summed E-state index contributed by atoms with van der Waals surface area (Å²) in [5, 5.41) is 4.98. The van der Waals surface area contributed by atoms with E-state index in [2.05, 4.69) is 29.6 Å². The molecule has 0 saturated heterocycles. The summed E-state index contributed by atoms with van der Waals surface area (Å²) in [7, 11) is 3.51. The van der Waals surface area contributed by atoms with Crippen molar-refractivity contribution in [1.29, 1.82) is 0 Å². The zero-order valence-corrected chi connectivity index (χ0v) is 21.7. The normalized spacial score (nSPS) is 12.9. The average Bonchev–Trinajstić information content (AvgIpc) is 2.92. The number of rotatable bonds is 7. The summed E-state index contributed by atoms with van der Waals surface area (Å²) < 4.78 is 5.47. The minimum absolute atomic E-state index is 0.238. The first kappa shape index (κ1) is 24.7. The molecular formula is C31H28N2O3S. The minimum atomic E-state index is -0.394. The van der Waals surface area contributed by atoms with E-state index < -0.39 is 5.91 Å². The maximum atomic E-state index is 13.5. The molecule has 0 bridgehead atoms. The van der Waals surface area contributed by atoms with Gasteiger partial charge < -0.3 is 9.64 Å². The number of ether oxygens (including phenoxy) is 1. The Balaban J connectivity index is 1.37. The van der Waals surface area contributed by atoms with Gasteiger partial charge in [0.15, 0.2) is 0 Å². The van der Waals surface area contributed by atoms with Crippen molar-refractivity contribution in [2.75, 3.05) is 19.9 Å². The van der Waals surface area contributed by atoms with Gasteiger partial charge >= 0.3 is 0 Å². The Bertz CT molecular complexity index is 1490. The van der Waals surface area contributed by atoms with Crippen molar-refractivity contribution in [3.8, 4) is 5.75 Å². The number of likely N-dealkylation sites (N-methyl/N-ethyl adjacent to an activating group) is 1. The van der Waals surface area contributed by atoms with Gasteiger partial charge in [0, 0.05) is 36.2 Å². The van der Waals surface area contributed by atoms with Crippen LogP contribution in [0.4, 0.5) is 0 Å². The van der Waals surface area contributed by atoms with Gasteiger partial charge in [0.2, 0.25) is 5.91 Å². The summed E-state index contributed by atoms with van der Waals surface area (Å²) in [5.74, 6) is 0.614. The zero-order chi connectivity index (χ0) is 25.8. The van der Waals surface area contributed by atoms with Gasteiger partial charge in [-0.1, -0.05) is 72.8 Å². The van der Waals surface area contributed by atoms with E-state index in [0.29, 0.717) is 18.0 Å². The van der Waals surface area contributed by atoms with Crippen molar-refractivity contribution in [3.63, 3.8) is 0 Å². The molecule has 5 rings (SSSR count). The molecule has 0 saturated carbocycles. The van der Waals surface area contributed by atoms with Crippen molar-refractivity contribution < 1.29 is 14.3 Å². The molecule has 0 atom stereocenters. The quantitative estimate of drug-likeness (QED) is 0.316. The highest BCUT2D eigenvalue weighted by Crippen LogP contribution is 2.37. The number of hydrogen-bond acceptors (Lipinski definition) is 5. The number of thioether (sulfide) groups is 1. The van der Waals surface area contributed by atoms with Gasteiger partial charge in [-0.25, -0.2) is 0 Å². The summed E-state index contributed by atoms with van der Waals surface area (Å²) in [6.45, 7) is 0.559. The fourth-order valence-electron chi connectivity index (χ4n) is 4.71. The van der Waals surface area contributed by atoms with Crippen LogP contribution in [0.5, 0.6) is 5.75 Å². The second kappa shape index (κ2) is 10.9. The van der Waals surface area contributed by atoms with Gasteiger partial charge in [0.25, 0.3) is 5.91 Å². The largest absolute Gasteiger partial charge is 0.497 e. The molecule has 0 spiro atoms. The van der Waals surface area contributed by atoms with Crippen LogP contribution < -0.4 is 10.1 Å². The number of fused-ring (bicyclic) bond motifs is 2. The molecule has 1 N–H and O–H groups in total. The van der Waals surface area contributed by atoms with Gasteiger partial charge in [-0.2, -0.15) is 0 Å². The molecule has 0 aromatic heterocycles. The van der Waals surface area contributed by atoms with Gasteiger partial charge in [0.05, 0.1) is 7.11 Å². The lowest BCUT2D eigenvalue weighted by molar-refractivity contribution is -0.128. The number of carbonyl (C=O) groups excluding carboxylic acids is 2. The Morgan fingerprint density at radius 3 is 2.51 bits per heavy atom. The van der Waals surface area contributed by atoms with Crippen molar-refractivity contribution in [2.24, 2.45) is 0 Å². The summed E-state index contributed by atoms with van der Waals surface area (Å²) in [6.07, 6.45) is 0.238. The number of imide groups is 1. The van der Waals surface area contributed by atoms with E-state index in [1.165, 1.54) is 10.8 Å². The fraction of sp³-hybridized carbons (Fsp3) is 0.161. The lowest BCUT2D eigenvalue weighted by Crippen LogP contribution is -2.39. The highest BCUT2D eigenvalue weighted by atomic mass is 32.2. The first-order valence-electron chi connectivity index (χ1n) is 12.2. The number of nitrogens with zero attached hydrogens (tertiary/aromatic N) is 1. The van der Waals surface area contributed by atoms with Crippen molar-refractivity contribution >= 4 is 39.9 Å². The van der Waals surface area contributed by atoms with Crippen LogP contribution in [-0.4, -0.2) is 36.6 Å². The van der Waals surface area contributed by atoms with Crippen LogP contribution >= 0.6 is 11.8 Å². The van der Waals surface area contributed by atoms with Crippen LogP contribution in [0.3, 0.4) is 0 Å². The number of nitrogens with one attached hydrogen (secondary N) is 1. The molecule has 0 aliphatic carbocycles. The molecule has 1 aliphatic heterocycles. The van der Waals surface area contributed by atoms with Gasteiger partial charge in [-0.3, -0.25) is 14.9 Å². The molecule has 0 fully saturated rings. The van der Waals surface area contributed by atoms with E-state index >= 15 is 0 Å². The van der Waals surface area contributed by atoms with E-state index in [1.807, 2.05) is 78.7 Å². The lowest BCUT2D eigenvalue weighted by atomic mass is 9.88. The second-order valence-electron chi connectivity index (χ2n) is 8.92. The average molecular weight is 509 g/mol. The molecule has 2 amide bonds. The first-order chi connectivity index (χ1) is 18.0. The van der Waals surface area contributed by atoms with Crippen molar-refractivity contribution in [3.05, 3.63) is 113 Å². The molecule has 4 aromatic carbocycles. The molecule has 37 heavy (non-hydrogen) atoms. The smallest absolute Gasteiger partial charge is 0.274 e. The SMILES string of the molecule is COc1ccc2c(c1)C(c1ccccc1)=C(C(=O)NC(=O)CCSc1cccc3ccccc13)N(C)C2. The molecular weight excluding hydrogens is 480 g/mol. The van der Waals surface area contributed by atoms with Crippen LogP contribution in [0, 0.1) is 0 Å². The molecule has 1 heterocycles. The van der Waals surface area contributed by atoms with Crippen LogP contribution in [0.15, 0.2) is 102 Å². The molecule has 0 unspecified atom stereocenters. The van der Waals surface area contributed by atoms with E-state index in [1.54, 1.807) is 18.9 Å². The predicted molar refractivity (Wildman–Crippen MR) is 149 cm³/mol. The highest BCUT2D eigenvalue weighted by Gasteiger charge is 2.29. The second-order valence-corrected chi connectivity index (χ2v) is 10.1. The third-order valence-electron chi connectivity index (χ3n) is 6.48. The maximum absolute atomic E-state index is 13.5. The topological polar surface area (TPSA) is 58.6 Å². The summed E-state index contributed by atoms with van der Waals surface area (Å²) in [4.78, 5) is 29.4. The number of amides is 2. The Morgan fingerprint density at radius 1 is 0.946 bits per heavy atom. The lowest BCUT2D eigenvalue weighted by Gasteiger charge is -2.32. The number of carbonyl (C=O) groups is 2. The fourth-order valence-corrected chi connectivity index (χ4v) is 5.74. The van der Waals surface area contributed by atoms with E-state index in [4.69, 9.17) is 4.74 Å². The van der Waals surface area contributed by atoms with Crippen molar-refractivity contribution in [2.45, 2.75) is 17.9 Å². The Morgan fingerprint density at radius 2 is 1.70 bits per heavy atom.